The predicted octanol–water partition coefficient (Wildman–Crippen LogP) is 3.95. The molecule has 178 valence electrons. The van der Waals surface area contributed by atoms with Crippen LogP contribution in [-0.2, 0) is 14.8 Å². The summed E-state index contributed by atoms with van der Waals surface area (Å²) < 4.78 is 47.7. The summed E-state index contributed by atoms with van der Waals surface area (Å²) in [5.41, 5.74) is 0.552. The minimum atomic E-state index is -3.94. The first-order chi connectivity index (χ1) is 15.8. The highest BCUT2D eigenvalue weighted by atomic mass is 32.2. The van der Waals surface area contributed by atoms with E-state index in [9.17, 15) is 17.6 Å². The molecular formula is C24H30FN3O4S. The second-order valence-electron chi connectivity index (χ2n) is 9.03. The van der Waals surface area contributed by atoms with Crippen molar-refractivity contribution >= 4 is 28.1 Å². The van der Waals surface area contributed by atoms with E-state index in [0.29, 0.717) is 30.9 Å². The molecule has 33 heavy (non-hydrogen) atoms. The number of likely N-dealkylation sites (tertiary alicyclic amines) is 1. The maximum atomic E-state index is 14.0. The Morgan fingerprint density at radius 3 is 2.61 bits per heavy atom. The van der Waals surface area contributed by atoms with Crippen molar-refractivity contribution in [3.63, 3.8) is 0 Å². The van der Waals surface area contributed by atoms with Crippen LogP contribution in [0, 0.1) is 24.6 Å². The molecule has 9 heteroatoms. The van der Waals surface area contributed by atoms with Gasteiger partial charge < -0.3 is 9.42 Å². The number of nitrogens with zero attached hydrogens (tertiary/aromatic N) is 3. The Hall–Kier alpha value is -2.52. The van der Waals surface area contributed by atoms with Gasteiger partial charge in [0.15, 0.2) is 10.7 Å². The molecular weight excluding hydrogens is 445 g/mol. The van der Waals surface area contributed by atoms with Gasteiger partial charge in [0.05, 0.1) is 5.92 Å². The number of carbonyl (C=O) groups is 1. The highest BCUT2D eigenvalue weighted by molar-refractivity contribution is 7.89. The number of carbonyl (C=O) groups excluding carboxylic acids is 1. The normalized spacial score (nSPS) is 21.1. The van der Waals surface area contributed by atoms with Gasteiger partial charge in [-0.15, -0.1) is 0 Å². The molecule has 0 N–H and O–H groups in total. The fourth-order valence-corrected chi connectivity index (χ4v) is 6.33. The second-order valence-corrected chi connectivity index (χ2v) is 10.9. The summed E-state index contributed by atoms with van der Waals surface area (Å²) in [5.74, 6) is -0.0548. The summed E-state index contributed by atoms with van der Waals surface area (Å²) in [6.45, 7) is 5.71. The molecule has 1 aromatic carbocycles. The molecule has 1 atom stereocenters. The molecule has 7 nitrogen and oxygen atoms in total. The number of amides is 1. The molecule has 0 unspecified atom stereocenters. The fraction of sp³-hybridized carbons (Fsp3) is 0.500. The second kappa shape index (κ2) is 9.77. The Labute approximate surface area is 194 Å². The van der Waals surface area contributed by atoms with E-state index in [-0.39, 0.29) is 34.7 Å². The minimum absolute atomic E-state index is 0.0324. The fourth-order valence-electron chi connectivity index (χ4n) is 4.55. The topological polar surface area (TPSA) is 83.7 Å². The first kappa shape index (κ1) is 23.6. The number of halogens is 1. The van der Waals surface area contributed by atoms with E-state index in [0.717, 1.165) is 25.9 Å². The van der Waals surface area contributed by atoms with Gasteiger partial charge >= 0.3 is 0 Å². The van der Waals surface area contributed by atoms with Crippen LogP contribution in [0.25, 0.3) is 12.2 Å². The molecule has 1 aromatic heterocycles. The first-order valence-electron chi connectivity index (χ1n) is 11.4. The lowest BCUT2D eigenvalue weighted by atomic mass is 9.94. The van der Waals surface area contributed by atoms with Crippen molar-refractivity contribution in [1.29, 1.82) is 0 Å². The zero-order valence-electron chi connectivity index (χ0n) is 19.0. The molecule has 0 aliphatic carbocycles. The lowest BCUT2D eigenvalue weighted by Crippen LogP contribution is -2.48. The number of piperidine rings is 2. The van der Waals surface area contributed by atoms with Gasteiger partial charge in [0.2, 0.25) is 15.9 Å². The Morgan fingerprint density at radius 2 is 1.88 bits per heavy atom. The number of rotatable bonds is 5. The van der Waals surface area contributed by atoms with E-state index < -0.39 is 15.8 Å². The summed E-state index contributed by atoms with van der Waals surface area (Å²) in [6, 6.07) is 6.20. The molecule has 0 saturated carbocycles. The number of aromatic nitrogens is 1. The van der Waals surface area contributed by atoms with Crippen molar-refractivity contribution in [1.82, 2.24) is 14.4 Å². The van der Waals surface area contributed by atoms with Crippen molar-refractivity contribution in [2.45, 2.75) is 44.4 Å². The van der Waals surface area contributed by atoms with Crippen LogP contribution >= 0.6 is 0 Å². The van der Waals surface area contributed by atoms with Crippen LogP contribution < -0.4 is 0 Å². The summed E-state index contributed by atoms with van der Waals surface area (Å²) in [7, 11) is -3.94. The first-order valence-corrected chi connectivity index (χ1v) is 12.9. The minimum Gasteiger partial charge on any atom is -0.355 e. The van der Waals surface area contributed by atoms with E-state index in [1.54, 1.807) is 25.1 Å². The highest BCUT2D eigenvalue weighted by Crippen LogP contribution is 2.30. The van der Waals surface area contributed by atoms with Gasteiger partial charge in [0, 0.05) is 31.7 Å². The van der Waals surface area contributed by atoms with Crippen molar-refractivity contribution in [2.75, 3.05) is 26.2 Å². The van der Waals surface area contributed by atoms with Crippen molar-refractivity contribution in [3.05, 3.63) is 47.1 Å². The van der Waals surface area contributed by atoms with E-state index in [2.05, 4.69) is 12.1 Å². The van der Waals surface area contributed by atoms with Crippen LogP contribution in [0.1, 0.15) is 49.6 Å². The summed E-state index contributed by atoms with van der Waals surface area (Å²) >= 11 is 0. The van der Waals surface area contributed by atoms with Crippen LogP contribution in [0.2, 0.25) is 0 Å². The summed E-state index contributed by atoms with van der Waals surface area (Å²) in [4.78, 5) is 14.9. The maximum Gasteiger partial charge on any atom is 0.248 e. The number of benzene rings is 1. The van der Waals surface area contributed by atoms with Gasteiger partial charge in [-0.1, -0.05) is 30.3 Å². The standard InChI is InChI=1S/C24H30FN3O4S/c1-17-11-14-27(15-12-17)24(29)20-7-5-13-28(16-20)33(30,31)23-18(2)26-32-22(23)10-9-19-6-3-4-8-21(19)25/h3-4,6,8-10,17,20H,5,7,11-16H2,1-2H3/b10-9+/t20-/m0/s1. The molecule has 2 fully saturated rings. The zero-order chi connectivity index (χ0) is 23.6. The van der Waals surface area contributed by atoms with Crippen LogP contribution in [0.4, 0.5) is 4.39 Å². The van der Waals surface area contributed by atoms with E-state index >= 15 is 0 Å². The Kier molecular flexibility index (Phi) is 6.99. The molecule has 0 spiro atoms. The van der Waals surface area contributed by atoms with Crippen LogP contribution in [0.3, 0.4) is 0 Å². The highest BCUT2D eigenvalue weighted by Gasteiger charge is 2.38. The maximum absolute atomic E-state index is 14.0. The molecule has 0 bridgehead atoms. The molecule has 2 aromatic rings. The molecule has 1 amide bonds. The molecule has 4 rings (SSSR count). The Balaban J connectivity index is 1.54. The van der Waals surface area contributed by atoms with E-state index in [1.165, 1.54) is 22.5 Å². The average Bonchev–Trinajstić information content (AvgIpc) is 3.19. The van der Waals surface area contributed by atoms with Gasteiger partial charge in [-0.25, -0.2) is 12.8 Å². The van der Waals surface area contributed by atoms with Crippen molar-refractivity contribution in [2.24, 2.45) is 11.8 Å². The van der Waals surface area contributed by atoms with Gasteiger partial charge in [-0.2, -0.15) is 4.31 Å². The average molecular weight is 476 g/mol. The number of sulfonamides is 1. The van der Waals surface area contributed by atoms with Crippen LogP contribution in [0.15, 0.2) is 33.7 Å². The van der Waals surface area contributed by atoms with Crippen LogP contribution in [0.5, 0.6) is 0 Å². The van der Waals surface area contributed by atoms with Gasteiger partial charge in [-0.3, -0.25) is 4.79 Å². The molecule has 3 heterocycles. The molecule has 0 radical (unpaired) electrons. The third kappa shape index (κ3) is 5.04. The number of hydrogen-bond acceptors (Lipinski definition) is 5. The van der Waals surface area contributed by atoms with Gasteiger partial charge in [-0.05, 0) is 56.7 Å². The summed E-state index contributed by atoms with van der Waals surface area (Å²) in [6.07, 6.45) is 6.15. The lowest BCUT2D eigenvalue weighted by Gasteiger charge is -2.36. The molecule has 2 saturated heterocycles. The largest absolute Gasteiger partial charge is 0.355 e. The van der Waals surface area contributed by atoms with Crippen molar-refractivity contribution < 1.29 is 22.1 Å². The third-order valence-corrected chi connectivity index (χ3v) is 8.60. The SMILES string of the molecule is Cc1noc(/C=C/c2ccccc2F)c1S(=O)(=O)N1CCC[C@H](C(=O)N2CCC(C)CC2)C1. The predicted molar refractivity (Wildman–Crippen MR) is 123 cm³/mol. The van der Waals surface area contributed by atoms with Gasteiger partial charge in [0.1, 0.15) is 11.5 Å². The summed E-state index contributed by atoms with van der Waals surface area (Å²) in [5, 5.41) is 3.85. The van der Waals surface area contributed by atoms with Crippen molar-refractivity contribution in [3.8, 4) is 0 Å². The van der Waals surface area contributed by atoms with Gasteiger partial charge in [0.25, 0.3) is 0 Å². The Bertz CT molecular complexity index is 1140. The van der Waals surface area contributed by atoms with E-state index in [4.69, 9.17) is 4.52 Å². The molecule has 2 aliphatic heterocycles. The zero-order valence-corrected chi connectivity index (χ0v) is 19.9. The number of hydrogen-bond donors (Lipinski definition) is 0. The lowest BCUT2D eigenvalue weighted by molar-refractivity contribution is -0.138. The third-order valence-electron chi connectivity index (χ3n) is 6.58. The quantitative estimate of drug-likeness (QED) is 0.654. The Morgan fingerprint density at radius 1 is 1.15 bits per heavy atom. The smallest absolute Gasteiger partial charge is 0.248 e. The monoisotopic (exact) mass is 475 g/mol. The number of aryl methyl sites for hydroxylation is 1. The molecule has 2 aliphatic rings. The van der Waals surface area contributed by atoms with Crippen LogP contribution in [-0.4, -0.2) is 54.9 Å². The van der Waals surface area contributed by atoms with E-state index in [1.807, 2.05) is 4.90 Å².